The number of halogens is 1. The molecule has 0 unspecified atom stereocenters. The summed E-state index contributed by atoms with van der Waals surface area (Å²) in [5.74, 6) is -1.53. The molecular weight excluding hydrogens is 550 g/mol. The van der Waals surface area contributed by atoms with Gasteiger partial charge in [0.1, 0.15) is 11.4 Å². The third-order valence-electron chi connectivity index (χ3n) is 8.74. The SMILES string of the molecule is C=CCCCCCN1C[C@@]2(CCCc3cc(Cl)ccc32)COc2ccc([C@@](O)(C(C)=O)[C@@H](C)C(=O)OC(C)(C)C)cc21. The molecular formula is C35H46ClNO5. The molecule has 3 atom stereocenters. The van der Waals surface area contributed by atoms with Crippen molar-refractivity contribution in [3.63, 3.8) is 0 Å². The van der Waals surface area contributed by atoms with Crippen LogP contribution in [0, 0.1) is 5.92 Å². The number of carbonyl (C=O) groups is 2. The zero-order chi connectivity index (χ0) is 30.7. The summed E-state index contributed by atoms with van der Waals surface area (Å²) >= 11 is 6.38. The molecule has 1 aliphatic carbocycles. The number of allylic oxidation sites excluding steroid dienone is 1. The van der Waals surface area contributed by atoms with E-state index in [0.717, 1.165) is 68.7 Å². The standard InChI is InChI=1S/C35H46ClNO5/c1-7-8-9-10-11-19-37-22-34(18-12-13-26-20-28(36)15-16-29(26)34)23-41-31-17-14-27(21-30(31)37)35(40,25(3)38)24(2)32(39)42-33(4,5)6/h7,14-17,20-21,24,40H,1,8-13,18-19,22-23H2,2-6H3/t24-,34-,35-/m0/s1. The lowest BCUT2D eigenvalue weighted by Gasteiger charge is -2.41. The molecule has 6 nitrogen and oxygen atoms in total. The molecule has 42 heavy (non-hydrogen) atoms. The van der Waals surface area contributed by atoms with Crippen molar-refractivity contribution in [1.82, 2.24) is 0 Å². The van der Waals surface area contributed by atoms with Crippen LogP contribution in [-0.2, 0) is 31.8 Å². The fourth-order valence-corrected chi connectivity index (χ4v) is 6.67. The molecule has 0 saturated heterocycles. The number of aliphatic hydroxyl groups is 1. The van der Waals surface area contributed by atoms with Crippen LogP contribution in [0.15, 0.2) is 49.1 Å². The van der Waals surface area contributed by atoms with Crippen LogP contribution in [0.2, 0.25) is 5.02 Å². The third-order valence-corrected chi connectivity index (χ3v) is 8.97. The number of hydrogen-bond donors (Lipinski definition) is 1. The minimum atomic E-state index is -2.05. The number of ketones is 1. The molecule has 2 aromatic carbocycles. The van der Waals surface area contributed by atoms with E-state index in [9.17, 15) is 14.7 Å². The number of fused-ring (bicyclic) bond motifs is 3. The van der Waals surface area contributed by atoms with Crippen LogP contribution in [0.4, 0.5) is 5.69 Å². The average Bonchev–Trinajstić information content (AvgIpc) is 3.08. The van der Waals surface area contributed by atoms with E-state index in [1.165, 1.54) is 18.1 Å². The van der Waals surface area contributed by atoms with Gasteiger partial charge in [-0.25, -0.2) is 0 Å². The van der Waals surface area contributed by atoms with Crippen LogP contribution in [0.3, 0.4) is 0 Å². The van der Waals surface area contributed by atoms with Crippen LogP contribution in [0.5, 0.6) is 5.75 Å². The minimum absolute atomic E-state index is 0.223. The number of carbonyl (C=O) groups excluding carboxylic acids is 2. The molecule has 0 aromatic heterocycles. The Morgan fingerprint density at radius 1 is 1.19 bits per heavy atom. The van der Waals surface area contributed by atoms with Gasteiger partial charge in [0.05, 0.1) is 18.2 Å². The van der Waals surface area contributed by atoms with Crippen LogP contribution in [-0.4, -0.2) is 42.2 Å². The Morgan fingerprint density at radius 3 is 2.64 bits per heavy atom. The molecule has 2 aliphatic rings. The lowest BCUT2D eigenvalue weighted by Crippen LogP contribution is -2.47. The number of ether oxygens (including phenoxy) is 2. The van der Waals surface area contributed by atoms with Gasteiger partial charge in [-0.3, -0.25) is 9.59 Å². The van der Waals surface area contributed by atoms with E-state index in [1.54, 1.807) is 33.8 Å². The molecule has 0 radical (unpaired) electrons. The van der Waals surface area contributed by atoms with Crippen LogP contribution >= 0.6 is 11.6 Å². The number of unbranched alkanes of at least 4 members (excludes halogenated alkanes) is 3. The van der Waals surface area contributed by atoms with Crippen molar-refractivity contribution in [3.8, 4) is 5.75 Å². The smallest absolute Gasteiger partial charge is 0.312 e. The van der Waals surface area contributed by atoms with Crippen molar-refractivity contribution in [2.45, 2.75) is 96.2 Å². The second kappa shape index (κ2) is 12.8. The second-order valence-corrected chi connectivity index (χ2v) is 13.5. The Morgan fingerprint density at radius 2 is 1.95 bits per heavy atom. The van der Waals surface area contributed by atoms with Gasteiger partial charge in [0.2, 0.25) is 0 Å². The molecule has 1 aliphatic heterocycles. The molecule has 0 amide bonds. The number of benzene rings is 2. The summed E-state index contributed by atoms with van der Waals surface area (Å²) in [5.41, 5.74) is 0.713. The number of Topliss-reactive ketones (excluding diaryl/α,β-unsaturated/α-hetero) is 1. The van der Waals surface area contributed by atoms with Crippen molar-refractivity contribution in [1.29, 1.82) is 0 Å². The van der Waals surface area contributed by atoms with Gasteiger partial charge in [-0.15, -0.1) is 6.58 Å². The minimum Gasteiger partial charge on any atom is -0.490 e. The zero-order valence-corrected chi connectivity index (χ0v) is 26.6. The average molecular weight is 596 g/mol. The first-order chi connectivity index (χ1) is 19.8. The summed E-state index contributed by atoms with van der Waals surface area (Å²) in [5, 5.41) is 12.6. The molecule has 0 bridgehead atoms. The fourth-order valence-electron chi connectivity index (χ4n) is 6.47. The molecule has 4 rings (SSSR count). The van der Waals surface area contributed by atoms with Gasteiger partial charge >= 0.3 is 5.97 Å². The van der Waals surface area contributed by atoms with Gasteiger partial charge in [0.25, 0.3) is 0 Å². The summed E-state index contributed by atoms with van der Waals surface area (Å²) in [6.07, 6.45) is 9.07. The van der Waals surface area contributed by atoms with Gasteiger partial charge in [-0.2, -0.15) is 0 Å². The highest BCUT2D eigenvalue weighted by molar-refractivity contribution is 6.30. The van der Waals surface area contributed by atoms with Gasteiger partial charge in [0, 0.05) is 23.5 Å². The molecule has 1 spiro atoms. The van der Waals surface area contributed by atoms with E-state index in [2.05, 4.69) is 23.6 Å². The predicted molar refractivity (Wildman–Crippen MR) is 168 cm³/mol. The maximum atomic E-state index is 13.1. The molecule has 0 saturated carbocycles. The van der Waals surface area contributed by atoms with E-state index in [1.807, 2.05) is 24.3 Å². The number of nitrogens with zero attached hydrogens (tertiary/aromatic N) is 1. The van der Waals surface area contributed by atoms with E-state index >= 15 is 0 Å². The first-order valence-electron chi connectivity index (χ1n) is 15.2. The van der Waals surface area contributed by atoms with Crippen molar-refractivity contribution in [3.05, 3.63) is 70.8 Å². The van der Waals surface area contributed by atoms with Crippen molar-refractivity contribution < 1.29 is 24.2 Å². The number of esters is 1. The number of aryl methyl sites for hydroxylation is 1. The highest BCUT2D eigenvalue weighted by Crippen LogP contribution is 2.46. The number of hydrogen-bond acceptors (Lipinski definition) is 6. The molecule has 228 valence electrons. The van der Waals surface area contributed by atoms with E-state index in [0.29, 0.717) is 17.9 Å². The Hall–Kier alpha value is -2.83. The first-order valence-corrected chi connectivity index (χ1v) is 15.6. The largest absolute Gasteiger partial charge is 0.490 e. The van der Waals surface area contributed by atoms with Gasteiger partial charge in [0.15, 0.2) is 11.4 Å². The molecule has 1 heterocycles. The van der Waals surface area contributed by atoms with E-state index in [-0.39, 0.29) is 5.41 Å². The van der Waals surface area contributed by atoms with E-state index < -0.39 is 28.9 Å². The zero-order valence-electron chi connectivity index (χ0n) is 25.8. The lowest BCUT2D eigenvalue weighted by atomic mass is 9.70. The fraction of sp³-hybridized carbons (Fsp3) is 0.543. The summed E-state index contributed by atoms with van der Waals surface area (Å²) < 4.78 is 12.1. The normalized spacial score (nSPS) is 20.4. The summed E-state index contributed by atoms with van der Waals surface area (Å²) in [7, 11) is 0. The number of anilines is 1. The Balaban J connectivity index is 1.75. The maximum Gasteiger partial charge on any atom is 0.312 e. The molecule has 0 fully saturated rings. The van der Waals surface area contributed by atoms with Gasteiger partial charge < -0.3 is 19.5 Å². The monoisotopic (exact) mass is 595 g/mol. The highest BCUT2D eigenvalue weighted by Gasteiger charge is 2.47. The van der Waals surface area contributed by atoms with Gasteiger partial charge in [-0.05, 0) is 114 Å². The topological polar surface area (TPSA) is 76.1 Å². The number of rotatable bonds is 10. The van der Waals surface area contributed by atoms with Crippen LogP contribution < -0.4 is 9.64 Å². The first kappa shape index (κ1) is 32.1. The Labute approximate surface area is 256 Å². The maximum absolute atomic E-state index is 13.1. The predicted octanol–water partition coefficient (Wildman–Crippen LogP) is 7.31. The second-order valence-electron chi connectivity index (χ2n) is 13.0. The molecule has 7 heteroatoms. The highest BCUT2D eigenvalue weighted by atomic mass is 35.5. The summed E-state index contributed by atoms with van der Waals surface area (Å²) in [6, 6.07) is 11.6. The van der Waals surface area contributed by atoms with Crippen molar-refractivity contribution in [2.75, 3.05) is 24.6 Å². The molecule has 2 aromatic rings. The molecule has 1 N–H and O–H groups in total. The Bertz CT molecular complexity index is 1320. The van der Waals surface area contributed by atoms with Crippen LogP contribution in [0.1, 0.15) is 89.8 Å². The summed E-state index contributed by atoms with van der Waals surface area (Å²) in [4.78, 5) is 28.5. The Kier molecular flexibility index (Phi) is 9.79. The van der Waals surface area contributed by atoms with Crippen molar-refractivity contribution in [2.24, 2.45) is 5.92 Å². The third kappa shape index (κ3) is 6.70. The lowest BCUT2D eigenvalue weighted by molar-refractivity contribution is -0.173. The van der Waals surface area contributed by atoms with Gasteiger partial charge in [-0.1, -0.05) is 36.2 Å². The quantitative estimate of drug-likeness (QED) is 0.176. The van der Waals surface area contributed by atoms with E-state index in [4.69, 9.17) is 21.1 Å². The summed E-state index contributed by atoms with van der Waals surface area (Å²) in [6.45, 7) is 14.1. The van der Waals surface area contributed by atoms with Crippen LogP contribution in [0.25, 0.3) is 0 Å². The van der Waals surface area contributed by atoms with Crippen molar-refractivity contribution >= 4 is 29.0 Å².